The van der Waals surface area contributed by atoms with Gasteiger partial charge in [-0.3, -0.25) is 9.52 Å². The molecule has 7 nitrogen and oxygen atoms in total. The van der Waals surface area contributed by atoms with Gasteiger partial charge in [0.15, 0.2) is 11.7 Å². The van der Waals surface area contributed by atoms with Crippen molar-refractivity contribution in [3.05, 3.63) is 66.2 Å². The van der Waals surface area contributed by atoms with Crippen molar-refractivity contribution in [2.75, 3.05) is 10.0 Å². The van der Waals surface area contributed by atoms with Crippen LogP contribution in [0.5, 0.6) is 0 Å². The number of hydrogen-bond donors (Lipinski definition) is 2. The quantitative estimate of drug-likeness (QED) is 0.587. The van der Waals surface area contributed by atoms with Crippen LogP contribution in [0, 0.1) is 0 Å². The molecular formula is C22H21N3O4S. The molecule has 0 atom stereocenters. The Morgan fingerprint density at radius 3 is 2.47 bits per heavy atom. The summed E-state index contributed by atoms with van der Waals surface area (Å²) in [5.74, 6) is 1.65. The van der Waals surface area contributed by atoms with Gasteiger partial charge in [0.25, 0.3) is 5.91 Å². The van der Waals surface area contributed by atoms with E-state index in [1.807, 2.05) is 12.1 Å². The summed E-state index contributed by atoms with van der Waals surface area (Å²) in [5, 5.41) is 2.51. The molecule has 2 N–H and O–H groups in total. The number of amides is 1. The van der Waals surface area contributed by atoms with E-state index in [4.69, 9.17) is 4.42 Å². The van der Waals surface area contributed by atoms with Crippen LogP contribution in [0.1, 0.15) is 47.8 Å². The average molecular weight is 423 g/mol. The highest BCUT2D eigenvalue weighted by Crippen LogP contribution is 2.40. The first-order valence-electron chi connectivity index (χ1n) is 9.97. The maximum Gasteiger partial charge on any atom is 0.255 e. The molecule has 0 spiro atoms. The first-order valence-corrected chi connectivity index (χ1v) is 11.5. The third-order valence-corrected chi connectivity index (χ3v) is 7.09. The van der Waals surface area contributed by atoms with Crippen molar-refractivity contribution in [2.45, 2.75) is 36.9 Å². The summed E-state index contributed by atoms with van der Waals surface area (Å²) in [7, 11) is -3.37. The lowest BCUT2D eigenvalue weighted by atomic mass is 10.1. The van der Waals surface area contributed by atoms with Crippen LogP contribution < -0.4 is 10.0 Å². The SMILES string of the molecule is O=C(Nc1ccc(-c2cnc(C3CC3)o2)cc1)c1cccc(NS(=O)(=O)C2CC2)c1. The molecule has 0 bridgehead atoms. The van der Waals surface area contributed by atoms with Gasteiger partial charge < -0.3 is 9.73 Å². The van der Waals surface area contributed by atoms with Gasteiger partial charge in [0.1, 0.15) is 0 Å². The number of carbonyl (C=O) groups excluding carboxylic acids is 1. The summed E-state index contributed by atoms with van der Waals surface area (Å²) < 4.78 is 32.6. The van der Waals surface area contributed by atoms with Crippen molar-refractivity contribution in [3.8, 4) is 11.3 Å². The zero-order valence-electron chi connectivity index (χ0n) is 16.2. The normalized spacial score (nSPS) is 16.3. The number of oxazole rings is 1. The van der Waals surface area contributed by atoms with Crippen molar-refractivity contribution < 1.29 is 17.6 Å². The molecule has 1 heterocycles. The van der Waals surface area contributed by atoms with Gasteiger partial charge in [-0.15, -0.1) is 0 Å². The fourth-order valence-corrected chi connectivity index (χ4v) is 4.59. The van der Waals surface area contributed by atoms with E-state index in [1.54, 1.807) is 36.5 Å². The minimum atomic E-state index is -3.37. The number of benzene rings is 2. The first-order chi connectivity index (χ1) is 14.5. The summed E-state index contributed by atoms with van der Waals surface area (Å²) in [6.45, 7) is 0. The number of aromatic nitrogens is 1. The van der Waals surface area contributed by atoms with Crippen LogP contribution >= 0.6 is 0 Å². The summed E-state index contributed by atoms with van der Waals surface area (Å²) in [5.41, 5.74) is 2.29. The first kappa shape index (κ1) is 18.9. The van der Waals surface area contributed by atoms with E-state index in [2.05, 4.69) is 15.0 Å². The largest absolute Gasteiger partial charge is 0.440 e. The lowest BCUT2D eigenvalue weighted by molar-refractivity contribution is 0.102. The highest BCUT2D eigenvalue weighted by molar-refractivity contribution is 7.93. The fourth-order valence-electron chi connectivity index (χ4n) is 3.21. The number of hydrogen-bond acceptors (Lipinski definition) is 5. The Morgan fingerprint density at radius 1 is 1.00 bits per heavy atom. The second-order valence-corrected chi connectivity index (χ2v) is 9.76. The molecule has 3 aromatic rings. The molecule has 5 rings (SSSR count). The third kappa shape index (κ3) is 4.09. The van der Waals surface area contributed by atoms with E-state index < -0.39 is 10.0 Å². The zero-order valence-corrected chi connectivity index (χ0v) is 17.0. The summed E-state index contributed by atoms with van der Waals surface area (Å²) in [6.07, 6.45) is 5.36. The number of nitrogens with zero attached hydrogens (tertiary/aromatic N) is 1. The summed E-state index contributed by atoms with van der Waals surface area (Å²) >= 11 is 0. The number of nitrogens with one attached hydrogen (secondary N) is 2. The van der Waals surface area contributed by atoms with Crippen molar-refractivity contribution in [1.82, 2.24) is 4.98 Å². The molecule has 0 radical (unpaired) electrons. The van der Waals surface area contributed by atoms with Gasteiger partial charge in [-0.25, -0.2) is 13.4 Å². The third-order valence-electron chi connectivity index (χ3n) is 5.23. The van der Waals surface area contributed by atoms with E-state index in [0.29, 0.717) is 41.5 Å². The van der Waals surface area contributed by atoms with Crippen LogP contribution in [0.3, 0.4) is 0 Å². The number of rotatable bonds is 7. The predicted octanol–water partition coefficient (Wildman–Crippen LogP) is 4.38. The molecule has 154 valence electrons. The molecule has 2 aliphatic carbocycles. The Labute approximate surface area is 174 Å². The lowest BCUT2D eigenvalue weighted by Gasteiger charge is -2.09. The summed E-state index contributed by atoms with van der Waals surface area (Å²) in [6, 6.07) is 13.8. The van der Waals surface area contributed by atoms with E-state index in [-0.39, 0.29) is 11.2 Å². The molecule has 1 aromatic heterocycles. The Bertz CT molecular complexity index is 1190. The monoisotopic (exact) mass is 423 g/mol. The number of anilines is 2. The average Bonchev–Trinajstić information content (AvgIpc) is 3.66. The summed E-state index contributed by atoms with van der Waals surface area (Å²) in [4.78, 5) is 16.9. The minimum absolute atomic E-state index is 0.314. The maximum atomic E-state index is 12.6. The minimum Gasteiger partial charge on any atom is -0.440 e. The standard InChI is InChI=1S/C22H21N3O4S/c26-21(16-2-1-3-18(12-16)25-30(27,28)19-10-11-19)24-17-8-6-14(7-9-17)20-13-23-22(29-20)15-4-5-15/h1-3,6-9,12-13,15,19,25H,4-5,10-11H2,(H,24,26). The van der Waals surface area contributed by atoms with Crippen LogP contribution in [-0.2, 0) is 10.0 Å². The van der Waals surface area contributed by atoms with Gasteiger partial charge in [-0.1, -0.05) is 6.07 Å². The van der Waals surface area contributed by atoms with E-state index >= 15 is 0 Å². The van der Waals surface area contributed by atoms with Crippen molar-refractivity contribution in [2.24, 2.45) is 0 Å². The smallest absolute Gasteiger partial charge is 0.255 e. The zero-order chi connectivity index (χ0) is 20.7. The second kappa shape index (κ2) is 7.28. The second-order valence-electron chi connectivity index (χ2n) is 7.80. The van der Waals surface area contributed by atoms with Gasteiger partial charge in [0, 0.05) is 28.4 Å². The molecule has 30 heavy (non-hydrogen) atoms. The number of carbonyl (C=O) groups is 1. The molecule has 2 aromatic carbocycles. The van der Waals surface area contributed by atoms with Crippen molar-refractivity contribution >= 4 is 27.3 Å². The molecule has 2 aliphatic rings. The van der Waals surface area contributed by atoms with Gasteiger partial charge >= 0.3 is 0 Å². The molecule has 0 aliphatic heterocycles. The molecule has 8 heteroatoms. The molecule has 2 saturated carbocycles. The van der Waals surface area contributed by atoms with Crippen LogP contribution in [-0.4, -0.2) is 24.6 Å². The van der Waals surface area contributed by atoms with Gasteiger partial charge in [-0.05, 0) is 68.1 Å². The highest BCUT2D eigenvalue weighted by Gasteiger charge is 2.35. The van der Waals surface area contributed by atoms with Crippen molar-refractivity contribution in [3.63, 3.8) is 0 Å². The highest BCUT2D eigenvalue weighted by atomic mass is 32.2. The Balaban J connectivity index is 1.26. The van der Waals surface area contributed by atoms with Crippen LogP contribution in [0.2, 0.25) is 0 Å². The predicted molar refractivity (Wildman–Crippen MR) is 114 cm³/mol. The molecular weight excluding hydrogens is 402 g/mol. The van der Waals surface area contributed by atoms with E-state index in [0.717, 1.165) is 24.3 Å². The van der Waals surface area contributed by atoms with Crippen LogP contribution in [0.4, 0.5) is 11.4 Å². The van der Waals surface area contributed by atoms with Crippen LogP contribution in [0.15, 0.2) is 59.1 Å². The van der Waals surface area contributed by atoms with Crippen molar-refractivity contribution in [1.29, 1.82) is 0 Å². The van der Waals surface area contributed by atoms with E-state index in [1.165, 1.54) is 6.07 Å². The molecule has 2 fully saturated rings. The Hall–Kier alpha value is -3.13. The van der Waals surface area contributed by atoms with E-state index in [9.17, 15) is 13.2 Å². The Kier molecular flexibility index (Phi) is 4.58. The topological polar surface area (TPSA) is 101 Å². The maximum absolute atomic E-state index is 12.6. The van der Waals surface area contributed by atoms with Crippen LogP contribution in [0.25, 0.3) is 11.3 Å². The Morgan fingerprint density at radius 2 is 1.77 bits per heavy atom. The molecule has 0 unspecified atom stereocenters. The van der Waals surface area contributed by atoms with Gasteiger partial charge in [0.2, 0.25) is 10.0 Å². The van der Waals surface area contributed by atoms with Gasteiger partial charge in [0.05, 0.1) is 11.4 Å². The molecule has 0 saturated heterocycles. The molecule has 1 amide bonds. The van der Waals surface area contributed by atoms with Gasteiger partial charge in [-0.2, -0.15) is 0 Å². The number of sulfonamides is 1. The lowest BCUT2D eigenvalue weighted by Crippen LogP contribution is -2.18. The fraction of sp³-hybridized carbons (Fsp3) is 0.273.